The van der Waals surface area contributed by atoms with E-state index in [1.54, 1.807) is 19.2 Å². The summed E-state index contributed by atoms with van der Waals surface area (Å²) in [7, 11) is 1.57. The highest BCUT2D eigenvalue weighted by Gasteiger charge is 2.12. The van der Waals surface area contributed by atoms with Crippen molar-refractivity contribution >= 4 is 11.7 Å². The van der Waals surface area contributed by atoms with Gasteiger partial charge in [0.15, 0.2) is 5.69 Å². The summed E-state index contributed by atoms with van der Waals surface area (Å²) in [5, 5.41) is 16.8. The number of anilines is 1. The summed E-state index contributed by atoms with van der Waals surface area (Å²) in [5.74, 6) is 0.439. The van der Waals surface area contributed by atoms with Crippen molar-refractivity contribution < 1.29 is 9.53 Å². The van der Waals surface area contributed by atoms with Crippen LogP contribution in [0.3, 0.4) is 0 Å². The normalized spacial score (nSPS) is 15.7. The van der Waals surface area contributed by atoms with Gasteiger partial charge in [-0.1, -0.05) is 0 Å². The quantitative estimate of drug-likeness (QED) is 0.631. The lowest BCUT2D eigenvalue weighted by Gasteiger charge is -2.22. The van der Waals surface area contributed by atoms with E-state index < -0.39 is 0 Å². The van der Waals surface area contributed by atoms with Crippen LogP contribution in [0.5, 0.6) is 0 Å². The first-order chi connectivity index (χ1) is 10.3. The minimum absolute atomic E-state index is 0.232. The molecule has 1 aromatic heterocycles. The Morgan fingerprint density at radius 2 is 2.19 bits per heavy atom. The average molecular weight is 293 g/mol. The van der Waals surface area contributed by atoms with Crippen molar-refractivity contribution in [1.82, 2.24) is 20.8 Å². The van der Waals surface area contributed by atoms with Crippen LogP contribution in [-0.2, 0) is 4.74 Å². The van der Waals surface area contributed by atoms with Crippen LogP contribution < -0.4 is 16.0 Å². The Kier molecular flexibility index (Phi) is 6.36. The second-order valence-electron chi connectivity index (χ2n) is 4.98. The summed E-state index contributed by atoms with van der Waals surface area (Å²) in [4.78, 5) is 11.3. The maximum atomic E-state index is 11.3. The molecule has 1 amide bonds. The third-order valence-corrected chi connectivity index (χ3v) is 3.39. The summed E-state index contributed by atoms with van der Waals surface area (Å²) in [6.45, 7) is 3.63. The lowest BCUT2D eigenvalue weighted by molar-refractivity contribution is 0.0329. The smallest absolute Gasteiger partial charge is 0.271 e. The topological polar surface area (TPSA) is 88.2 Å². The fourth-order valence-corrected chi connectivity index (χ4v) is 2.18. The molecule has 0 bridgehead atoms. The first-order valence-corrected chi connectivity index (χ1v) is 7.41. The van der Waals surface area contributed by atoms with Gasteiger partial charge in [0.2, 0.25) is 0 Å². The maximum absolute atomic E-state index is 11.3. The molecule has 0 radical (unpaired) electrons. The number of amides is 1. The zero-order chi connectivity index (χ0) is 14.9. The Morgan fingerprint density at radius 1 is 1.38 bits per heavy atom. The molecule has 0 saturated carbocycles. The minimum atomic E-state index is -0.232. The predicted octanol–water partition coefficient (Wildman–Crippen LogP) is 0.407. The monoisotopic (exact) mass is 293 g/mol. The molecular formula is C14H23N5O2. The molecule has 0 aromatic carbocycles. The number of rotatable bonds is 7. The van der Waals surface area contributed by atoms with E-state index in [1.807, 2.05) is 0 Å². The molecule has 7 nitrogen and oxygen atoms in total. The lowest BCUT2D eigenvalue weighted by atomic mass is 10.1. The minimum Gasteiger partial charge on any atom is -0.378 e. The molecule has 2 rings (SSSR count). The number of hydrogen-bond acceptors (Lipinski definition) is 6. The van der Waals surface area contributed by atoms with Crippen LogP contribution in [0.25, 0.3) is 0 Å². The molecule has 1 saturated heterocycles. The second-order valence-corrected chi connectivity index (χ2v) is 4.98. The van der Waals surface area contributed by atoms with Crippen molar-refractivity contribution in [2.75, 3.05) is 38.6 Å². The molecule has 1 fully saturated rings. The molecule has 1 aliphatic rings. The SMILES string of the molecule is CNC(=O)c1ccc(NCCCOC2CCNCC2)nn1. The van der Waals surface area contributed by atoms with E-state index in [0.29, 0.717) is 17.6 Å². The number of ether oxygens (including phenoxy) is 1. The number of nitrogens with zero attached hydrogens (tertiary/aromatic N) is 2. The van der Waals surface area contributed by atoms with Crippen LogP contribution in [0.15, 0.2) is 12.1 Å². The van der Waals surface area contributed by atoms with E-state index in [9.17, 15) is 4.79 Å². The molecule has 21 heavy (non-hydrogen) atoms. The zero-order valence-electron chi connectivity index (χ0n) is 12.4. The molecule has 1 aliphatic heterocycles. The number of carbonyl (C=O) groups excluding carboxylic acids is 1. The molecule has 2 heterocycles. The Bertz CT molecular complexity index is 431. The Morgan fingerprint density at radius 3 is 2.86 bits per heavy atom. The molecule has 7 heteroatoms. The van der Waals surface area contributed by atoms with Crippen molar-refractivity contribution in [3.05, 3.63) is 17.8 Å². The fraction of sp³-hybridized carbons (Fsp3) is 0.643. The molecule has 3 N–H and O–H groups in total. The highest BCUT2D eigenvalue weighted by atomic mass is 16.5. The van der Waals surface area contributed by atoms with E-state index in [4.69, 9.17) is 4.74 Å². The van der Waals surface area contributed by atoms with E-state index in [0.717, 1.165) is 45.5 Å². The van der Waals surface area contributed by atoms with Gasteiger partial charge in [0.25, 0.3) is 5.91 Å². The molecular weight excluding hydrogens is 270 g/mol. The van der Waals surface area contributed by atoms with Crippen molar-refractivity contribution in [3.63, 3.8) is 0 Å². The van der Waals surface area contributed by atoms with Crippen molar-refractivity contribution in [2.24, 2.45) is 0 Å². The van der Waals surface area contributed by atoms with Crippen LogP contribution in [-0.4, -0.2) is 55.5 Å². The van der Waals surface area contributed by atoms with Gasteiger partial charge in [-0.2, -0.15) is 0 Å². The van der Waals surface area contributed by atoms with Crippen LogP contribution in [0.1, 0.15) is 29.8 Å². The fourth-order valence-electron chi connectivity index (χ4n) is 2.18. The highest BCUT2D eigenvalue weighted by Crippen LogP contribution is 2.07. The lowest BCUT2D eigenvalue weighted by Crippen LogP contribution is -2.32. The summed E-state index contributed by atoms with van der Waals surface area (Å²) in [6.07, 6.45) is 3.51. The first-order valence-electron chi connectivity index (χ1n) is 7.41. The van der Waals surface area contributed by atoms with E-state index in [1.165, 1.54) is 0 Å². The summed E-state index contributed by atoms with van der Waals surface area (Å²) >= 11 is 0. The first kappa shape index (κ1) is 15.7. The highest BCUT2D eigenvalue weighted by molar-refractivity contribution is 5.91. The van der Waals surface area contributed by atoms with E-state index in [2.05, 4.69) is 26.1 Å². The molecule has 0 atom stereocenters. The second kappa shape index (κ2) is 8.53. The molecule has 0 unspecified atom stereocenters. The van der Waals surface area contributed by atoms with Gasteiger partial charge in [0.1, 0.15) is 5.82 Å². The summed E-state index contributed by atoms with van der Waals surface area (Å²) in [6, 6.07) is 3.41. The van der Waals surface area contributed by atoms with Gasteiger partial charge in [0.05, 0.1) is 6.10 Å². The van der Waals surface area contributed by atoms with Crippen LogP contribution in [0.2, 0.25) is 0 Å². The molecule has 116 valence electrons. The third-order valence-electron chi connectivity index (χ3n) is 3.39. The largest absolute Gasteiger partial charge is 0.378 e. The van der Waals surface area contributed by atoms with Gasteiger partial charge in [-0.15, -0.1) is 10.2 Å². The Balaban J connectivity index is 1.61. The predicted molar refractivity (Wildman–Crippen MR) is 80.4 cm³/mol. The number of carbonyl (C=O) groups is 1. The standard InChI is InChI=1S/C14H23N5O2/c1-15-14(20)12-3-4-13(19-18-12)17-7-2-10-21-11-5-8-16-9-6-11/h3-4,11,16H,2,5-10H2,1H3,(H,15,20)(H,17,19). The molecule has 0 aliphatic carbocycles. The van der Waals surface area contributed by atoms with E-state index >= 15 is 0 Å². The van der Waals surface area contributed by atoms with Crippen LogP contribution in [0.4, 0.5) is 5.82 Å². The van der Waals surface area contributed by atoms with Crippen molar-refractivity contribution in [2.45, 2.75) is 25.4 Å². The van der Waals surface area contributed by atoms with Crippen molar-refractivity contribution in [1.29, 1.82) is 0 Å². The van der Waals surface area contributed by atoms with Gasteiger partial charge in [-0.25, -0.2) is 0 Å². The average Bonchev–Trinajstić information content (AvgIpc) is 2.55. The molecule has 1 aromatic rings. The van der Waals surface area contributed by atoms with Gasteiger partial charge in [-0.3, -0.25) is 4.79 Å². The van der Waals surface area contributed by atoms with Gasteiger partial charge < -0.3 is 20.7 Å². The third kappa shape index (κ3) is 5.28. The van der Waals surface area contributed by atoms with Crippen molar-refractivity contribution in [3.8, 4) is 0 Å². The Labute approximate surface area is 124 Å². The summed E-state index contributed by atoms with van der Waals surface area (Å²) < 4.78 is 5.82. The zero-order valence-corrected chi connectivity index (χ0v) is 12.4. The number of aromatic nitrogens is 2. The van der Waals surface area contributed by atoms with Crippen LogP contribution >= 0.6 is 0 Å². The summed E-state index contributed by atoms with van der Waals surface area (Å²) in [5.41, 5.74) is 0.317. The van der Waals surface area contributed by atoms with Gasteiger partial charge in [-0.05, 0) is 44.5 Å². The number of hydrogen-bond donors (Lipinski definition) is 3. The maximum Gasteiger partial charge on any atom is 0.271 e. The van der Waals surface area contributed by atoms with Gasteiger partial charge >= 0.3 is 0 Å². The van der Waals surface area contributed by atoms with Gasteiger partial charge in [0, 0.05) is 20.2 Å². The molecule has 0 spiro atoms. The Hall–Kier alpha value is -1.73. The van der Waals surface area contributed by atoms with Crippen LogP contribution in [0, 0.1) is 0 Å². The van der Waals surface area contributed by atoms with E-state index in [-0.39, 0.29) is 5.91 Å². The number of nitrogens with one attached hydrogen (secondary N) is 3. The number of piperidine rings is 1.